The lowest BCUT2D eigenvalue weighted by molar-refractivity contribution is -0.385. The first kappa shape index (κ1) is 13.6. The second-order valence-electron chi connectivity index (χ2n) is 3.39. The molecule has 0 saturated heterocycles. The number of carbonyl (C=O) groups excluding carboxylic acids is 1. The second kappa shape index (κ2) is 5.73. The average Bonchev–Trinajstić information content (AvgIpc) is 2.27. The van der Waals surface area contributed by atoms with Gasteiger partial charge in [-0.2, -0.15) is 0 Å². The van der Waals surface area contributed by atoms with E-state index in [1.165, 1.54) is 18.2 Å². The number of nitrogens with zero attached hydrogens (tertiary/aromatic N) is 1. The van der Waals surface area contributed by atoms with Crippen LogP contribution in [0.4, 0.5) is 5.69 Å². The Labute approximate surface area is 101 Å². The topological polar surface area (TPSA) is 119 Å². The largest absolute Gasteiger partial charge is 0.479 e. The Hall–Kier alpha value is -2.48. The average molecular weight is 254 g/mol. The van der Waals surface area contributed by atoms with Crippen LogP contribution in [0.2, 0.25) is 0 Å². The molecule has 0 atom stereocenters. The molecule has 0 unspecified atom stereocenters. The number of aliphatic carboxylic acids is 1. The number of nitro benzene ring substituents is 1. The summed E-state index contributed by atoms with van der Waals surface area (Å²) in [4.78, 5) is 36.1. The van der Waals surface area contributed by atoms with Crippen LogP contribution in [-0.2, 0) is 9.63 Å². The lowest BCUT2D eigenvalue weighted by Crippen LogP contribution is -2.27. The molecule has 1 amide bonds. The summed E-state index contributed by atoms with van der Waals surface area (Å²) in [7, 11) is 0. The maximum absolute atomic E-state index is 11.6. The Kier molecular flexibility index (Phi) is 4.33. The third-order valence-corrected chi connectivity index (χ3v) is 1.95. The molecule has 0 aliphatic heterocycles. The molecular formula is C10H10N2O6. The van der Waals surface area contributed by atoms with Crippen LogP contribution in [0.15, 0.2) is 18.2 Å². The maximum Gasteiger partial charge on any atom is 0.332 e. The SMILES string of the molecule is Cc1ccc([N+](=O)[O-])c(C(=O)NOCC(=O)O)c1. The van der Waals surface area contributed by atoms with Crippen molar-refractivity contribution in [1.82, 2.24) is 5.48 Å². The van der Waals surface area contributed by atoms with E-state index < -0.39 is 23.4 Å². The summed E-state index contributed by atoms with van der Waals surface area (Å²) < 4.78 is 0. The molecule has 0 fully saturated rings. The highest BCUT2D eigenvalue weighted by Gasteiger charge is 2.20. The number of rotatable bonds is 5. The molecule has 0 bridgehead atoms. The third kappa shape index (κ3) is 3.52. The Morgan fingerprint density at radius 3 is 2.72 bits per heavy atom. The van der Waals surface area contributed by atoms with Gasteiger partial charge in [0.05, 0.1) is 4.92 Å². The maximum atomic E-state index is 11.6. The number of nitrogens with one attached hydrogen (secondary N) is 1. The minimum absolute atomic E-state index is 0.189. The summed E-state index contributed by atoms with van der Waals surface area (Å²) in [6.45, 7) is 0.934. The predicted molar refractivity (Wildman–Crippen MR) is 58.9 cm³/mol. The molecule has 8 heteroatoms. The zero-order chi connectivity index (χ0) is 13.7. The fourth-order valence-electron chi connectivity index (χ4n) is 1.21. The van der Waals surface area contributed by atoms with Gasteiger partial charge in [0.1, 0.15) is 5.56 Å². The lowest BCUT2D eigenvalue weighted by Gasteiger charge is -2.05. The second-order valence-corrected chi connectivity index (χ2v) is 3.39. The monoisotopic (exact) mass is 254 g/mol. The minimum Gasteiger partial charge on any atom is -0.479 e. The fraction of sp³-hybridized carbons (Fsp3) is 0.200. The van der Waals surface area contributed by atoms with Crippen LogP contribution in [-0.4, -0.2) is 28.5 Å². The lowest BCUT2D eigenvalue weighted by atomic mass is 10.1. The number of amides is 1. The number of hydroxylamine groups is 1. The molecule has 96 valence electrons. The zero-order valence-electron chi connectivity index (χ0n) is 9.37. The molecule has 2 N–H and O–H groups in total. The highest BCUT2D eigenvalue weighted by Crippen LogP contribution is 2.19. The van der Waals surface area contributed by atoms with Crippen molar-refractivity contribution in [3.63, 3.8) is 0 Å². The Bertz CT molecular complexity index is 499. The summed E-state index contributed by atoms with van der Waals surface area (Å²) in [5.74, 6) is -2.14. The van der Waals surface area contributed by atoms with Crippen LogP contribution in [0.1, 0.15) is 15.9 Å². The molecule has 0 aromatic heterocycles. The van der Waals surface area contributed by atoms with E-state index in [0.717, 1.165) is 0 Å². The molecule has 1 rings (SSSR count). The van der Waals surface area contributed by atoms with Gasteiger partial charge in [-0.3, -0.25) is 19.7 Å². The fourth-order valence-corrected chi connectivity index (χ4v) is 1.21. The molecular weight excluding hydrogens is 244 g/mol. The predicted octanol–water partition coefficient (Wildman–Crippen LogP) is 0.649. The van der Waals surface area contributed by atoms with E-state index in [-0.39, 0.29) is 11.3 Å². The first-order valence-electron chi connectivity index (χ1n) is 4.80. The van der Waals surface area contributed by atoms with Crippen molar-refractivity contribution in [3.05, 3.63) is 39.4 Å². The van der Waals surface area contributed by atoms with Gasteiger partial charge >= 0.3 is 5.97 Å². The van der Waals surface area contributed by atoms with Crippen molar-refractivity contribution in [2.75, 3.05) is 6.61 Å². The number of nitro groups is 1. The van der Waals surface area contributed by atoms with Crippen LogP contribution >= 0.6 is 0 Å². The van der Waals surface area contributed by atoms with E-state index in [9.17, 15) is 19.7 Å². The third-order valence-electron chi connectivity index (χ3n) is 1.95. The standard InChI is InChI=1S/C10H10N2O6/c1-6-2-3-8(12(16)17)7(4-6)10(15)11-18-5-9(13)14/h2-4H,5H2,1H3,(H,11,15)(H,13,14). The van der Waals surface area contributed by atoms with Gasteiger partial charge in [0.15, 0.2) is 6.61 Å². The van der Waals surface area contributed by atoms with E-state index in [1.807, 2.05) is 5.48 Å². The summed E-state index contributed by atoms with van der Waals surface area (Å²) >= 11 is 0. The van der Waals surface area contributed by atoms with Crippen molar-refractivity contribution >= 4 is 17.6 Å². The van der Waals surface area contributed by atoms with Gasteiger partial charge in [-0.25, -0.2) is 10.3 Å². The summed E-state index contributed by atoms with van der Waals surface area (Å²) in [6, 6.07) is 4.01. The smallest absolute Gasteiger partial charge is 0.332 e. The molecule has 8 nitrogen and oxygen atoms in total. The van der Waals surface area contributed by atoms with Crippen LogP contribution in [0.25, 0.3) is 0 Å². The number of benzene rings is 1. The van der Waals surface area contributed by atoms with Crippen molar-refractivity contribution in [3.8, 4) is 0 Å². The van der Waals surface area contributed by atoms with E-state index in [4.69, 9.17) is 5.11 Å². The Morgan fingerprint density at radius 1 is 1.50 bits per heavy atom. The summed E-state index contributed by atoms with van der Waals surface area (Å²) in [5.41, 5.74) is 1.92. The van der Waals surface area contributed by atoms with Crippen LogP contribution in [0, 0.1) is 17.0 Å². The van der Waals surface area contributed by atoms with Gasteiger partial charge < -0.3 is 5.11 Å². The highest BCUT2D eigenvalue weighted by molar-refractivity contribution is 5.97. The van der Waals surface area contributed by atoms with Gasteiger partial charge in [-0.05, 0) is 18.6 Å². The van der Waals surface area contributed by atoms with Gasteiger partial charge in [0.2, 0.25) is 0 Å². The van der Waals surface area contributed by atoms with Crippen molar-refractivity contribution in [1.29, 1.82) is 0 Å². The summed E-state index contributed by atoms with van der Waals surface area (Å²) in [6.07, 6.45) is 0. The van der Waals surface area contributed by atoms with Crippen molar-refractivity contribution in [2.45, 2.75) is 6.92 Å². The molecule has 0 spiro atoms. The van der Waals surface area contributed by atoms with Gasteiger partial charge in [0, 0.05) is 6.07 Å². The first-order chi connectivity index (χ1) is 8.41. The molecule has 18 heavy (non-hydrogen) atoms. The molecule has 0 radical (unpaired) electrons. The molecule has 0 aliphatic carbocycles. The minimum atomic E-state index is -1.27. The van der Waals surface area contributed by atoms with Gasteiger partial charge in [-0.15, -0.1) is 0 Å². The van der Waals surface area contributed by atoms with Crippen LogP contribution in [0.5, 0.6) is 0 Å². The molecule has 0 heterocycles. The van der Waals surface area contributed by atoms with Crippen molar-refractivity contribution < 1.29 is 24.5 Å². The number of carbonyl (C=O) groups is 2. The van der Waals surface area contributed by atoms with Crippen LogP contribution in [0.3, 0.4) is 0 Å². The number of aryl methyl sites for hydroxylation is 1. The Balaban J connectivity index is 2.87. The van der Waals surface area contributed by atoms with E-state index in [0.29, 0.717) is 5.56 Å². The molecule has 0 saturated carbocycles. The van der Waals surface area contributed by atoms with Gasteiger partial charge in [0.25, 0.3) is 11.6 Å². The zero-order valence-corrected chi connectivity index (χ0v) is 9.37. The summed E-state index contributed by atoms with van der Waals surface area (Å²) in [5, 5.41) is 19.0. The highest BCUT2D eigenvalue weighted by atomic mass is 16.7. The van der Waals surface area contributed by atoms with Crippen LogP contribution < -0.4 is 5.48 Å². The van der Waals surface area contributed by atoms with Crippen molar-refractivity contribution in [2.24, 2.45) is 0 Å². The normalized spacial score (nSPS) is 9.83. The number of hydrogen-bond acceptors (Lipinski definition) is 5. The first-order valence-corrected chi connectivity index (χ1v) is 4.80. The van der Waals surface area contributed by atoms with E-state index in [2.05, 4.69) is 4.84 Å². The van der Waals surface area contributed by atoms with E-state index >= 15 is 0 Å². The molecule has 0 aliphatic rings. The molecule has 1 aromatic rings. The molecule has 1 aromatic carbocycles. The Morgan fingerprint density at radius 2 is 2.17 bits per heavy atom. The van der Waals surface area contributed by atoms with Gasteiger partial charge in [-0.1, -0.05) is 6.07 Å². The number of carboxylic acid groups (broad SMARTS) is 1. The quantitative estimate of drug-likeness (QED) is 0.588. The number of carboxylic acids is 1. The van der Waals surface area contributed by atoms with E-state index in [1.54, 1.807) is 6.92 Å². The number of hydrogen-bond donors (Lipinski definition) is 2.